The number of benzene rings is 1. The van der Waals surface area contributed by atoms with Crippen LogP contribution in [0.2, 0.25) is 0 Å². The Labute approximate surface area is 125 Å². The molecule has 1 amide bonds. The molecule has 0 fully saturated rings. The SMILES string of the molecule is COc1ccc(N)c(SCc2csc(NC(C)=O)n2)c1. The van der Waals surface area contributed by atoms with Crippen LogP contribution in [-0.2, 0) is 10.5 Å². The number of methoxy groups -OCH3 is 1. The van der Waals surface area contributed by atoms with Crippen LogP contribution in [0.1, 0.15) is 12.6 Å². The molecule has 0 bridgehead atoms. The van der Waals surface area contributed by atoms with Gasteiger partial charge in [-0.2, -0.15) is 0 Å². The van der Waals surface area contributed by atoms with Crippen LogP contribution in [0.4, 0.5) is 10.8 Å². The Kier molecular flexibility index (Phi) is 4.86. The van der Waals surface area contributed by atoms with Gasteiger partial charge in [0.15, 0.2) is 5.13 Å². The number of anilines is 2. The smallest absolute Gasteiger partial charge is 0.223 e. The molecule has 0 atom stereocenters. The minimum absolute atomic E-state index is 0.115. The normalized spacial score (nSPS) is 10.3. The van der Waals surface area contributed by atoms with Crippen molar-refractivity contribution >= 4 is 39.8 Å². The lowest BCUT2D eigenvalue weighted by Gasteiger charge is -2.06. The number of nitrogens with one attached hydrogen (secondary N) is 1. The van der Waals surface area contributed by atoms with E-state index in [4.69, 9.17) is 10.5 Å². The fourth-order valence-corrected chi connectivity index (χ4v) is 3.25. The molecule has 20 heavy (non-hydrogen) atoms. The molecule has 0 saturated heterocycles. The minimum atomic E-state index is -0.115. The Morgan fingerprint density at radius 2 is 2.35 bits per heavy atom. The van der Waals surface area contributed by atoms with Gasteiger partial charge in [0, 0.05) is 28.6 Å². The van der Waals surface area contributed by atoms with Gasteiger partial charge in [-0.3, -0.25) is 4.79 Å². The maximum absolute atomic E-state index is 10.9. The molecule has 5 nitrogen and oxygen atoms in total. The Morgan fingerprint density at radius 1 is 1.55 bits per heavy atom. The number of carbonyl (C=O) groups is 1. The summed E-state index contributed by atoms with van der Waals surface area (Å²) < 4.78 is 5.18. The van der Waals surface area contributed by atoms with Crippen molar-refractivity contribution in [2.45, 2.75) is 17.6 Å². The van der Waals surface area contributed by atoms with Crippen LogP contribution in [0.15, 0.2) is 28.5 Å². The molecule has 2 aromatic rings. The van der Waals surface area contributed by atoms with E-state index in [0.717, 1.165) is 16.3 Å². The summed E-state index contributed by atoms with van der Waals surface area (Å²) in [7, 11) is 1.63. The third kappa shape index (κ3) is 3.88. The topological polar surface area (TPSA) is 77.2 Å². The first-order valence-electron chi connectivity index (χ1n) is 5.87. The Morgan fingerprint density at radius 3 is 3.05 bits per heavy atom. The number of amides is 1. The van der Waals surface area contributed by atoms with E-state index in [2.05, 4.69) is 10.3 Å². The van der Waals surface area contributed by atoms with Crippen molar-refractivity contribution in [3.05, 3.63) is 29.3 Å². The first-order chi connectivity index (χ1) is 9.58. The van der Waals surface area contributed by atoms with Gasteiger partial charge in [0.2, 0.25) is 5.91 Å². The fourth-order valence-electron chi connectivity index (χ4n) is 1.50. The molecule has 0 aliphatic rings. The van der Waals surface area contributed by atoms with Gasteiger partial charge < -0.3 is 15.8 Å². The average molecular weight is 309 g/mol. The third-order valence-electron chi connectivity index (χ3n) is 2.43. The van der Waals surface area contributed by atoms with E-state index in [0.29, 0.717) is 16.6 Å². The number of thiazole rings is 1. The second-order valence-electron chi connectivity index (χ2n) is 4.02. The zero-order chi connectivity index (χ0) is 14.5. The number of rotatable bonds is 5. The maximum Gasteiger partial charge on any atom is 0.223 e. The highest BCUT2D eigenvalue weighted by Crippen LogP contribution is 2.32. The minimum Gasteiger partial charge on any atom is -0.497 e. The number of ether oxygens (including phenoxy) is 1. The molecule has 106 valence electrons. The molecule has 0 unspecified atom stereocenters. The van der Waals surface area contributed by atoms with Gasteiger partial charge in [-0.25, -0.2) is 4.98 Å². The summed E-state index contributed by atoms with van der Waals surface area (Å²) >= 11 is 3.00. The molecule has 0 spiro atoms. The third-order valence-corrected chi connectivity index (χ3v) is 4.34. The van der Waals surface area contributed by atoms with Crippen LogP contribution in [0.3, 0.4) is 0 Å². The first-order valence-corrected chi connectivity index (χ1v) is 7.73. The van der Waals surface area contributed by atoms with E-state index in [-0.39, 0.29) is 5.91 Å². The highest BCUT2D eigenvalue weighted by Gasteiger charge is 2.07. The first kappa shape index (κ1) is 14.7. The molecule has 0 radical (unpaired) electrons. The summed E-state index contributed by atoms with van der Waals surface area (Å²) in [6.07, 6.45) is 0. The van der Waals surface area contributed by atoms with Gasteiger partial charge in [-0.1, -0.05) is 0 Å². The van der Waals surface area contributed by atoms with E-state index < -0.39 is 0 Å². The Hall–Kier alpha value is -1.73. The maximum atomic E-state index is 10.9. The quantitative estimate of drug-likeness (QED) is 0.656. The van der Waals surface area contributed by atoms with Crippen LogP contribution < -0.4 is 15.8 Å². The zero-order valence-corrected chi connectivity index (χ0v) is 12.8. The summed E-state index contributed by atoms with van der Waals surface area (Å²) in [5, 5.41) is 5.21. The van der Waals surface area contributed by atoms with Gasteiger partial charge in [0.25, 0.3) is 0 Å². The predicted molar refractivity (Wildman–Crippen MR) is 83.4 cm³/mol. The monoisotopic (exact) mass is 309 g/mol. The van der Waals surface area contributed by atoms with Crippen molar-refractivity contribution in [3.8, 4) is 5.75 Å². The van der Waals surface area contributed by atoms with Gasteiger partial charge in [-0.05, 0) is 18.2 Å². The van der Waals surface area contributed by atoms with Gasteiger partial charge in [0.1, 0.15) is 5.75 Å². The number of carbonyl (C=O) groups excluding carboxylic acids is 1. The van der Waals surface area contributed by atoms with E-state index >= 15 is 0 Å². The van der Waals surface area contributed by atoms with E-state index in [1.807, 2.05) is 23.6 Å². The van der Waals surface area contributed by atoms with Crippen molar-refractivity contribution in [1.82, 2.24) is 4.98 Å². The number of nitrogens with two attached hydrogens (primary N) is 1. The second-order valence-corrected chi connectivity index (χ2v) is 5.89. The van der Waals surface area contributed by atoms with Crippen LogP contribution in [0.25, 0.3) is 0 Å². The molecule has 1 aromatic heterocycles. The zero-order valence-electron chi connectivity index (χ0n) is 11.2. The average Bonchev–Trinajstić information content (AvgIpc) is 2.84. The summed E-state index contributed by atoms with van der Waals surface area (Å²) in [4.78, 5) is 16.2. The molecule has 2 rings (SSSR count). The van der Waals surface area contributed by atoms with Crippen LogP contribution >= 0.6 is 23.1 Å². The molecule has 0 aliphatic carbocycles. The lowest BCUT2D eigenvalue weighted by molar-refractivity contribution is -0.114. The van der Waals surface area contributed by atoms with Crippen molar-refractivity contribution in [2.24, 2.45) is 0 Å². The van der Waals surface area contributed by atoms with Crippen molar-refractivity contribution in [1.29, 1.82) is 0 Å². The van der Waals surface area contributed by atoms with Crippen LogP contribution in [0, 0.1) is 0 Å². The summed E-state index contributed by atoms with van der Waals surface area (Å²) in [6, 6.07) is 5.56. The molecular formula is C13H15N3O2S2. The second kappa shape index (κ2) is 6.62. The number of nitrogens with zero attached hydrogens (tertiary/aromatic N) is 1. The van der Waals surface area contributed by atoms with Crippen molar-refractivity contribution in [2.75, 3.05) is 18.2 Å². The molecule has 0 saturated carbocycles. The number of thioether (sulfide) groups is 1. The molecule has 0 aliphatic heterocycles. The van der Waals surface area contributed by atoms with E-state index in [9.17, 15) is 4.79 Å². The van der Waals surface area contributed by atoms with E-state index in [1.165, 1.54) is 18.3 Å². The standard InChI is InChI=1S/C13H15N3O2S2/c1-8(17)15-13-16-9(7-20-13)6-19-12-5-10(18-2)3-4-11(12)14/h3-5,7H,6,14H2,1-2H3,(H,15,16,17). The Bertz CT molecular complexity index is 613. The highest BCUT2D eigenvalue weighted by molar-refractivity contribution is 7.98. The van der Waals surface area contributed by atoms with Gasteiger partial charge in [0.05, 0.1) is 12.8 Å². The van der Waals surface area contributed by atoms with Crippen molar-refractivity contribution < 1.29 is 9.53 Å². The molecule has 3 N–H and O–H groups in total. The van der Waals surface area contributed by atoms with Crippen LogP contribution in [0.5, 0.6) is 5.75 Å². The largest absolute Gasteiger partial charge is 0.497 e. The summed E-state index contributed by atoms with van der Waals surface area (Å²) in [5.41, 5.74) is 7.55. The molecule has 1 aromatic carbocycles. The lowest BCUT2D eigenvalue weighted by Crippen LogP contribution is -2.05. The number of nitrogen functional groups attached to an aromatic ring is 1. The van der Waals surface area contributed by atoms with Gasteiger partial charge in [-0.15, -0.1) is 23.1 Å². The lowest BCUT2D eigenvalue weighted by atomic mass is 10.3. The fraction of sp³-hybridized carbons (Fsp3) is 0.231. The number of hydrogen-bond donors (Lipinski definition) is 2. The summed E-state index contributed by atoms with van der Waals surface area (Å²) in [6.45, 7) is 1.47. The molecule has 1 heterocycles. The van der Waals surface area contributed by atoms with Crippen LogP contribution in [-0.4, -0.2) is 18.0 Å². The van der Waals surface area contributed by atoms with Crippen molar-refractivity contribution in [3.63, 3.8) is 0 Å². The molecule has 7 heteroatoms. The highest BCUT2D eigenvalue weighted by atomic mass is 32.2. The Balaban J connectivity index is 2.01. The van der Waals surface area contributed by atoms with Gasteiger partial charge >= 0.3 is 0 Å². The summed E-state index contributed by atoms with van der Waals surface area (Å²) in [5.74, 6) is 1.35. The molecular weight excluding hydrogens is 294 g/mol. The number of aromatic nitrogens is 1. The predicted octanol–water partition coefficient (Wildman–Crippen LogP) is 2.98. The number of hydrogen-bond acceptors (Lipinski definition) is 6. The van der Waals surface area contributed by atoms with E-state index in [1.54, 1.807) is 18.9 Å².